The van der Waals surface area contributed by atoms with E-state index in [9.17, 15) is 4.39 Å². The molecule has 2 atom stereocenters. The van der Waals surface area contributed by atoms with Gasteiger partial charge in [0.15, 0.2) is 11.6 Å². The molecule has 0 bridgehead atoms. The highest BCUT2D eigenvalue weighted by molar-refractivity contribution is 9.10. The van der Waals surface area contributed by atoms with Crippen LogP contribution in [-0.4, -0.2) is 13.7 Å². The third kappa shape index (κ3) is 2.01. The van der Waals surface area contributed by atoms with Gasteiger partial charge < -0.3 is 10.5 Å². The van der Waals surface area contributed by atoms with E-state index in [2.05, 4.69) is 15.9 Å². The van der Waals surface area contributed by atoms with Gasteiger partial charge in [-0.05, 0) is 36.9 Å². The zero-order valence-electron chi connectivity index (χ0n) is 8.47. The van der Waals surface area contributed by atoms with Gasteiger partial charge in [0.1, 0.15) is 0 Å². The van der Waals surface area contributed by atoms with Gasteiger partial charge in [0.05, 0.1) is 7.11 Å². The van der Waals surface area contributed by atoms with Gasteiger partial charge in [0, 0.05) is 10.0 Å². The van der Waals surface area contributed by atoms with Crippen molar-refractivity contribution in [2.75, 3.05) is 13.7 Å². The molecule has 0 spiro atoms. The number of hydrogen-bond donors (Lipinski definition) is 1. The maximum Gasteiger partial charge on any atom is 0.166 e. The van der Waals surface area contributed by atoms with Crippen LogP contribution in [-0.2, 0) is 0 Å². The largest absolute Gasteiger partial charge is 0.493 e. The molecule has 15 heavy (non-hydrogen) atoms. The summed E-state index contributed by atoms with van der Waals surface area (Å²) in [5.41, 5.74) is 6.51. The lowest BCUT2D eigenvalue weighted by Crippen LogP contribution is -2.03. The summed E-state index contributed by atoms with van der Waals surface area (Å²) in [6, 6.07) is 3.34. The fraction of sp³-hybridized carbons (Fsp3) is 0.455. The molecule has 0 saturated heterocycles. The molecule has 2 unspecified atom stereocenters. The van der Waals surface area contributed by atoms with Crippen molar-refractivity contribution in [1.82, 2.24) is 0 Å². The zero-order valence-corrected chi connectivity index (χ0v) is 10.1. The molecule has 1 aromatic carbocycles. The molecule has 82 valence electrons. The van der Waals surface area contributed by atoms with Crippen LogP contribution in [0.3, 0.4) is 0 Å². The van der Waals surface area contributed by atoms with Crippen LogP contribution >= 0.6 is 15.9 Å². The molecule has 2 nitrogen and oxygen atoms in total. The minimum Gasteiger partial charge on any atom is -0.493 e. The average molecular weight is 274 g/mol. The van der Waals surface area contributed by atoms with Crippen LogP contribution in [0.5, 0.6) is 5.75 Å². The predicted octanol–water partition coefficient (Wildman–Crippen LogP) is 2.66. The molecule has 0 aromatic heterocycles. The number of rotatable bonds is 3. The zero-order chi connectivity index (χ0) is 11.0. The summed E-state index contributed by atoms with van der Waals surface area (Å²) in [5, 5.41) is 0. The van der Waals surface area contributed by atoms with E-state index in [0.717, 1.165) is 16.5 Å². The summed E-state index contributed by atoms with van der Waals surface area (Å²) < 4.78 is 19.4. The average Bonchev–Trinajstić information content (AvgIpc) is 2.95. The van der Waals surface area contributed by atoms with Crippen molar-refractivity contribution in [1.29, 1.82) is 0 Å². The van der Waals surface area contributed by atoms with Crippen LogP contribution in [0.15, 0.2) is 16.6 Å². The Labute approximate surface area is 96.7 Å². The van der Waals surface area contributed by atoms with Gasteiger partial charge in [0.25, 0.3) is 0 Å². The molecule has 0 radical (unpaired) electrons. The summed E-state index contributed by atoms with van der Waals surface area (Å²) in [6.45, 7) is 0.655. The van der Waals surface area contributed by atoms with Crippen LogP contribution < -0.4 is 10.5 Å². The molecular weight excluding hydrogens is 261 g/mol. The Kier molecular flexibility index (Phi) is 2.98. The fourth-order valence-electron chi connectivity index (χ4n) is 1.96. The molecule has 1 fully saturated rings. The van der Waals surface area contributed by atoms with Crippen LogP contribution in [0.25, 0.3) is 0 Å². The number of nitrogens with two attached hydrogens (primary N) is 1. The van der Waals surface area contributed by atoms with E-state index < -0.39 is 0 Å². The Morgan fingerprint density at radius 1 is 1.60 bits per heavy atom. The first kappa shape index (κ1) is 10.9. The second-order valence-electron chi connectivity index (χ2n) is 3.85. The first-order valence-corrected chi connectivity index (χ1v) is 5.69. The quantitative estimate of drug-likeness (QED) is 0.919. The molecular formula is C11H13BrFNO. The van der Waals surface area contributed by atoms with Crippen molar-refractivity contribution in [3.63, 3.8) is 0 Å². The Morgan fingerprint density at radius 3 is 2.87 bits per heavy atom. The summed E-state index contributed by atoms with van der Waals surface area (Å²) in [6.07, 6.45) is 1.03. The van der Waals surface area contributed by atoms with Gasteiger partial charge in [-0.1, -0.05) is 15.9 Å². The molecule has 1 aromatic rings. The topological polar surface area (TPSA) is 35.2 Å². The van der Waals surface area contributed by atoms with Crippen molar-refractivity contribution in [2.24, 2.45) is 11.7 Å². The molecule has 0 aliphatic heterocycles. The molecule has 2 rings (SSSR count). The lowest BCUT2D eigenvalue weighted by Gasteiger charge is -2.09. The van der Waals surface area contributed by atoms with Crippen LogP contribution in [0.2, 0.25) is 0 Å². The summed E-state index contributed by atoms with van der Waals surface area (Å²) >= 11 is 3.29. The van der Waals surface area contributed by atoms with Crippen molar-refractivity contribution in [3.8, 4) is 5.75 Å². The number of methoxy groups -OCH3 is 1. The molecule has 1 aliphatic rings. The number of benzene rings is 1. The van der Waals surface area contributed by atoms with Gasteiger partial charge in [0.2, 0.25) is 0 Å². The van der Waals surface area contributed by atoms with E-state index in [1.165, 1.54) is 13.2 Å². The Bertz CT molecular complexity index is 383. The van der Waals surface area contributed by atoms with Crippen molar-refractivity contribution in [3.05, 3.63) is 28.0 Å². The van der Waals surface area contributed by atoms with E-state index in [4.69, 9.17) is 10.5 Å². The van der Waals surface area contributed by atoms with E-state index in [1.54, 1.807) is 0 Å². The Hall–Kier alpha value is -0.610. The lowest BCUT2D eigenvalue weighted by molar-refractivity contribution is 0.380. The summed E-state index contributed by atoms with van der Waals surface area (Å²) in [7, 11) is 1.50. The van der Waals surface area contributed by atoms with Gasteiger partial charge in [-0.2, -0.15) is 0 Å². The molecule has 0 amide bonds. The normalized spacial score (nSPS) is 24.0. The van der Waals surface area contributed by atoms with Crippen molar-refractivity contribution >= 4 is 15.9 Å². The second-order valence-corrected chi connectivity index (χ2v) is 4.76. The smallest absolute Gasteiger partial charge is 0.166 e. The SMILES string of the molecule is COc1c(F)cc(Br)cc1C1CC1CN. The third-order valence-corrected chi connectivity index (χ3v) is 3.32. The molecule has 4 heteroatoms. The van der Waals surface area contributed by atoms with Crippen LogP contribution in [0.4, 0.5) is 4.39 Å². The minimum atomic E-state index is -0.315. The van der Waals surface area contributed by atoms with Crippen LogP contribution in [0.1, 0.15) is 17.9 Å². The van der Waals surface area contributed by atoms with E-state index in [-0.39, 0.29) is 5.82 Å². The maximum atomic E-state index is 13.5. The van der Waals surface area contributed by atoms with E-state index in [0.29, 0.717) is 24.1 Å². The molecule has 0 heterocycles. The maximum absolute atomic E-state index is 13.5. The second kappa shape index (κ2) is 4.10. The monoisotopic (exact) mass is 273 g/mol. The van der Waals surface area contributed by atoms with Gasteiger partial charge >= 0.3 is 0 Å². The van der Waals surface area contributed by atoms with Crippen molar-refractivity contribution < 1.29 is 9.13 Å². The number of ether oxygens (including phenoxy) is 1. The van der Waals surface area contributed by atoms with E-state index in [1.807, 2.05) is 6.07 Å². The summed E-state index contributed by atoms with van der Waals surface area (Å²) in [4.78, 5) is 0. The number of halogens is 2. The highest BCUT2D eigenvalue weighted by Gasteiger charge is 2.39. The van der Waals surface area contributed by atoms with Crippen molar-refractivity contribution in [2.45, 2.75) is 12.3 Å². The Balaban J connectivity index is 2.37. The first-order chi connectivity index (χ1) is 7.17. The minimum absolute atomic E-state index is 0.315. The number of hydrogen-bond acceptors (Lipinski definition) is 2. The van der Waals surface area contributed by atoms with Gasteiger partial charge in [-0.25, -0.2) is 4.39 Å². The fourth-order valence-corrected chi connectivity index (χ4v) is 2.41. The lowest BCUT2D eigenvalue weighted by atomic mass is 10.1. The van der Waals surface area contributed by atoms with Crippen LogP contribution in [0, 0.1) is 11.7 Å². The standard InChI is InChI=1S/C11H13BrFNO/c1-15-11-9(8-2-6(8)5-14)3-7(12)4-10(11)13/h3-4,6,8H,2,5,14H2,1H3. The van der Waals surface area contributed by atoms with Gasteiger partial charge in [-0.15, -0.1) is 0 Å². The summed E-state index contributed by atoms with van der Waals surface area (Å²) in [5.74, 6) is 0.883. The highest BCUT2D eigenvalue weighted by Crippen LogP contribution is 2.50. The molecule has 1 saturated carbocycles. The predicted molar refractivity (Wildman–Crippen MR) is 60.6 cm³/mol. The first-order valence-electron chi connectivity index (χ1n) is 4.90. The molecule has 1 aliphatic carbocycles. The highest BCUT2D eigenvalue weighted by atomic mass is 79.9. The molecule has 2 N–H and O–H groups in total. The van der Waals surface area contributed by atoms with Gasteiger partial charge in [-0.3, -0.25) is 0 Å². The third-order valence-electron chi connectivity index (χ3n) is 2.87. The Morgan fingerprint density at radius 2 is 2.33 bits per heavy atom. The van der Waals surface area contributed by atoms with E-state index >= 15 is 0 Å².